The first-order valence-corrected chi connectivity index (χ1v) is 7.26. The zero-order valence-electron chi connectivity index (χ0n) is 12.6. The van der Waals surface area contributed by atoms with Crippen LogP contribution in [0.1, 0.15) is 18.2 Å². The number of aliphatic hydroxyl groups is 2. The van der Waals surface area contributed by atoms with Crippen molar-refractivity contribution in [2.24, 2.45) is 0 Å². The van der Waals surface area contributed by atoms with E-state index in [0.717, 1.165) is 0 Å². The maximum Gasteiger partial charge on any atom is 0.330 e. The Morgan fingerprint density at radius 3 is 2.50 bits per heavy atom. The Hall–Kier alpha value is -1.70. The van der Waals surface area contributed by atoms with Gasteiger partial charge >= 0.3 is 5.97 Å². The highest BCUT2D eigenvalue weighted by atomic mass is 35.5. The lowest BCUT2D eigenvalue weighted by atomic mass is 10.2. The van der Waals surface area contributed by atoms with Crippen LogP contribution in [0.4, 0.5) is 5.82 Å². The van der Waals surface area contributed by atoms with Crippen molar-refractivity contribution in [3.63, 3.8) is 0 Å². The summed E-state index contributed by atoms with van der Waals surface area (Å²) in [6.07, 6.45) is 2.82. The summed E-state index contributed by atoms with van der Waals surface area (Å²) in [5.74, 6) is -0.0279. The van der Waals surface area contributed by atoms with E-state index in [1.54, 1.807) is 24.8 Å². The molecule has 22 heavy (non-hydrogen) atoms. The van der Waals surface area contributed by atoms with Crippen LogP contribution >= 0.6 is 11.6 Å². The first kappa shape index (κ1) is 18.3. The number of hydrogen-bond donors (Lipinski definition) is 2. The number of aryl methyl sites for hydroxylation is 1. The molecule has 0 saturated heterocycles. The van der Waals surface area contributed by atoms with Crippen molar-refractivity contribution in [3.05, 3.63) is 22.6 Å². The largest absolute Gasteiger partial charge is 0.463 e. The molecule has 122 valence electrons. The fraction of sp³-hybridized carbons (Fsp3) is 0.500. The second kappa shape index (κ2) is 9.34. The molecule has 0 aromatic carbocycles. The van der Waals surface area contributed by atoms with Gasteiger partial charge in [-0.2, -0.15) is 4.98 Å². The standard InChI is InChI=1S/C14H20ClN3O4/c1-3-22-12(21)5-4-11-10(2)16-14(15)17-13(11)18(6-8-19)7-9-20/h4-5,19-20H,3,6-9H2,1-2H3/b5-4+. The average molecular weight is 330 g/mol. The molecule has 0 aliphatic rings. The minimum absolute atomic E-state index is 0.0571. The van der Waals surface area contributed by atoms with Crippen LogP contribution in [0.15, 0.2) is 6.08 Å². The highest BCUT2D eigenvalue weighted by molar-refractivity contribution is 6.28. The van der Waals surface area contributed by atoms with Crippen molar-refractivity contribution in [1.82, 2.24) is 9.97 Å². The van der Waals surface area contributed by atoms with E-state index in [1.165, 1.54) is 6.08 Å². The van der Waals surface area contributed by atoms with Crippen molar-refractivity contribution >= 4 is 29.5 Å². The van der Waals surface area contributed by atoms with Gasteiger partial charge in [0, 0.05) is 24.7 Å². The molecule has 0 spiro atoms. The average Bonchev–Trinajstić information content (AvgIpc) is 2.45. The fourth-order valence-electron chi connectivity index (χ4n) is 1.88. The topological polar surface area (TPSA) is 95.8 Å². The molecule has 0 saturated carbocycles. The molecule has 0 radical (unpaired) electrons. The van der Waals surface area contributed by atoms with Gasteiger partial charge in [0.15, 0.2) is 0 Å². The van der Waals surface area contributed by atoms with Crippen LogP contribution in [0.25, 0.3) is 6.08 Å². The monoisotopic (exact) mass is 329 g/mol. The maximum atomic E-state index is 11.5. The predicted molar refractivity (Wildman–Crippen MR) is 83.8 cm³/mol. The Balaban J connectivity index is 3.21. The van der Waals surface area contributed by atoms with Crippen LogP contribution in [0.5, 0.6) is 0 Å². The van der Waals surface area contributed by atoms with Gasteiger partial charge in [-0.05, 0) is 31.5 Å². The summed E-state index contributed by atoms with van der Waals surface area (Å²) in [5.41, 5.74) is 1.16. The third kappa shape index (κ3) is 5.25. The van der Waals surface area contributed by atoms with E-state index in [-0.39, 0.29) is 38.2 Å². The molecule has 0 bridgehead atoms. The third-order valence-corrected chi connectivity index (χ3v) is 2.97. The number of hydrogen-bond acceptors (Lipinski definition) is 7. The lowest BCUT2D eigenvalue weighted by molar-refractivity contribution is -0.137. The summed E-state index contributed by atoms with van der Waals surface area (Å²) >= 11 is 5.89. The molecule has 1 rings (SSSR count). The van der Waals surface area contributed by atoms with Crippen LogP contribution in [-0.4, -0.2) is 59.1 Å². The minimum Gasteiger partial charge on any atom is -0.463 e. The molecule has 1 aromatic rings. The molecule has 2 N–H and O–H groups in total. The summed E-state index contributed by atoms with van der Waals surface area (Å²) in [7, 11) is 0. The zero-order valence-corrected chi connectivity index (χ0v) is 13.4. The fourth-order valence-corrected chi connectivity index (χ4v) is 2.08. The normalized spacial score (nSPS) is 11.0. The second-order valence-corrected chi connectivity index (χ2v) is 4.67. The summed E-state index contributed by atoms with van der Waals surface area (Å²) in [4.78, 5) is 21.3. The van der Waals surface area contributed by atoms with Gasteiger partial charge in [-0.1, -0.05) is 0 Å². The van der Waals surface area contributed by atoms with E-state index in [0.29, 0.717) is 17.1 Å². The molecule has 1 heterocycles. The number of ether oxygens (including phenoxy) is 1. The number of esters is 1. The van der Waals surface area contributed by atoms with Crippen LogP contribution in [-0.2, 0) is 9.53 Å². The maximum absolute atomic E-state index is 11.5. The molecular formula is C14H20ClN3O4. The van der Waals surface area contributed by atoms with Crippen LogP contribution in [0.2, 0.25) is 5.28 Å². The highest BCUT2D eigenvalue weighted by Gasteiger charge is 2.15. The molecule has 0 atom stereocenters. The summed E-state index contributed by atoms with van der Waals surface area (Å²) in [5, 5.41) is 18.4. The Morgan fingerprint density at radius 2 is 1.95 bits per heavy atom. The number of halogens is 1. The van der Waals surface area contributed by atoms with E-state index in [1.807, 2.05) is 0 Å². The van der Waals surface area contributed by atoms with Crippen molar-refractivity contribution in [2.75, 3.05) is 37.8 Å². The predicted octanol–water partition coefficient (Wildman–Crippen LogP) is 0.806. The summed E-state index contributed by atoms with van der Waals surface area (Å²) in [6.45, 7) is 4.06. The Kier molecular flexibility index (Phi) is 7.79. The van der Waals surface area contributed by atoms with Gasteiger partial charge in [0.05, 0.1) is 25.5 Å². The van der Waals surface area contributed by atoms with Gasteiger partial charge in [0.1, 0.15) is 5.82 Å². The van der Waals surface area contributed by atoms with Crippen LogP contribution < -0.4 is 4.90 Å². The van der Waals surface area contributed by atoms with E-state index < -0.39 is 5.97 Å². The van der Waals surface area contributed by atoms with Crippen molar-refractivity contribution in [2.45, 2.75) is 13.8 Å². The number of aromatic nitrogens is 2. The van der Waals surface area contributed by atoms with Gasteiger partial charge in [0.2, 0.25) is 5.28 Å². The quantitative estimate of drug-likeness (QED) is 0.414. The first-order chi connectivity index (χ1) is 10.5. The molecule has 0 aliphatic heterocycles. The number of aliphatic hydroxyl groups excluding tert-OH is 2. The van der Waals surface area contributed by atoms with E-state index in [2.05, 4.69) is 9.97 Å². The van der Waals surface area contributed by atoms with Gasteiger partial charge in [-0.3, -0.25) is 0 Å². The van der Waals surface area contributed by atoms with Crippen LogP contribution in [0, 0.1) is 6.92 Å². The Bertz CT molecular complexity index is 531. The van der Waals surface area contributed by atoms with E-state index >= 15 is 0 Å². The van der Waals surface area contributed by atoms with E-state index in [4.69, 9.17) is 26.6 Å². The molecule has 0 unspecified atom stereocenters. The SMILES string of the molecule is CCOC(=O)/C=C/c1c(C)nc(Cl)nc1N(CCO)CCO. The Morgan fingerprint density at radius 1 is 1.32 bits per heavy atom. The zero-order chi connectivity index (χ0) is 16.5. The van der Waals surface area contributed by atoms with Crippen molar-refractivity contribution in [3.8, 4) is 0 Å². The first-order valence-electron chi connectivity index (χ1n) is 6.89. The molecule has 0 amide bonds. The number of anilines is 1. The molecule has 0 aliphatic carbocycles. The number of carbonyl (C=O) groups is 1. The minimum atomic E-state index is -0.473. The highest BCUT2D eigenvalue weighted by Crippen LogP contribution is 2.23. The number of rotatable bonds is 8. The molecule has 0 fully saturated rings. The van der Waals surface area contributed by atoms with Gasteiger partial charge in [-0.25, -0.2) is 9.78 Å². The van der Waals surface area contributed by atoms with Gasteiger partial charge in [0.25, 0.3) is 0 Å². The smallest absolute Gasteiger partial charge is 0.330 e. The molecule has 1 aromatic heterocycles. The van der Waals surface area contributed by atoms with Gasteiger partial charge < -0.3 is 19.8 Å². The van der Waals surface area contributed by atoms with Gasteiger partial charge in [-0.15, -0.1) is 0 Å². The Labute approximate surface area is 134 Å². The lowest BCUT2D eigenvalue weighted by Gasteiger charge is -2.24. The molecule has 8 heteroatoms. The van der Waals surface area contributed by atoms with Crippen molar-refractivity contribution in [1.29, 1.82) is 0 Å². The summed E-state index contributed by atoms with van der Waals surface area (Å²) < 4.78 is 4.84. The third-order valence-electron chi connectivity index (χ3n) is 2.80. The second-order valence-electron chi connectivity index (χ2n) is 4.33. The number of carbonyl (C=O) groups excluding carboxylic acids is 1. The van der Waals surface area contributed by atoms with Crippen LogP contribution in [0.3, 0.4) is 0 Å². The summed E-state index contributed by atoms with van der Waals surface area (Å²) in [6, 6.07) is 0. The lowest BCUT2D eigenvalue weighted by Crippen LogP contribution is -2.31. The number of nitrogens with zero attached hydrogens (tertiary/aromatic N) is 3. The molecular weight excluding hydrogens is 310 g/mol. The van der Waals surface area contributed by atoms with Crippen molar-refractivity contribution < 1.29 is 19.7 Å². The molecule has 7 nitrogen and oxygen atoms in total. The van der Waals surface area contributed by atoms with E-state index in [9.17, 15) is 4.79 Å².